The molecule has 0 aliphatic carbocycles. The molecule has 0 saturated carbocycles. The van der Waals surface area contributed by atoms with E-state index in [1.54, 1.807) is 12.4 Å². The molecule has 0 bridgehead atoms. The van der Waals surface area contributed by atoms with E-state index >= 15 is 0 Å². The largest absolute Gasteiger partial charge is 0.383 e. The number of halogens is 2. The Bertz CT molecular complexity index is 1030. The van der Waals surface area contributed by atoms with Crippen molar-refractivity contribution in [2.45, 2.75) is 18.9 Å². The monoisotopic (exact) mass is 432 g/mol. The van der Waals surface area contributed by atoms with Crippen molar-refractivity contribution in [1.82, 2.24) is 14.5 Å². The van der Waals surface area contributed by atoms with E-state index in [1.165, 1.54) is 6.07 Å². The van der Waals surface area contributed by atoms with Crippen molar-refractivity contribution in [3.63, 3.8) is 0 Å². The fourth-order valence-corrected chi connectivity index (χ4v) is 3.87. The molecule has 1 aliphatic rings. The summed E-state index contributed by atoms with van der Waals surface area (Å²) < 4.78 is 16.1. The van der Waals surface area contributed by atoms with Crippen LogP contribution in [-0.2, 0) is 0 Å². The molecule has 0 spiro atoms. The van der Waals surface area contributed by atoms with Gasteiger partial charge in [0, 0.05) is 30.6 Å². The number of aromatic nitrogens is 3. The lowest BCUT2D eigenvalue weighted by Gasteiger charge is -2.33. The Hall–Kier alpha value is -2.68. The van der Waals surface area contributed by atoms with Crippen molar-refractivity contribution >= 4 is 44.4 Å². The summed E-state index contributed by atoms with van der Waals surface area (Å²) in [4.78, 5) is 22.1. The highest BCUT2D eigenvalue weighted by atomic mass is 79.9. The van der Waals surface area contributed by atoms with Crippen LogP contribution in [0.25, 0.3) is 10.9 Å². The van der Waals surface area contributed by atoms with Crippen LogP contribution in [0.5, 0.6) is 0 Å². The second-order valence-electron chi connectivity index (χ2n) is 6.60. The van der Waals surface area contributed by atoms with Gasteiger partial charge in [0.2, 0.25) is 0 Å². The van der Waals surface area contributed by atoms with Crippen molar-refractivity contribution in [1.29, 1.82) is 0 Å². The Morgan fingerprint density at radius 1 is 1.26 bits per heavy atom. The molecule has 27 heavy (non-hydrogen) atoms. The maximum Gasteiger partial charge on any atom is 0.271 e. The van der Waals surface area contributed by atoms with Crippen LogP contribution in [-0.4, -0.2) is 33.5 Å². The first-order chi connectivity index (χ1) is 12.9. The molecule has 1 fully saturated rings. The Balaban J connectivity index is 1.51. The van der Waals surface area contributed by atoms with Gasteiger partial charge in [0.1, 0.15) is 17.5 Å². The standard InChI is InChI=1S/C18H18BrFN6O/c19-12-7-10-1-2-15(24-14(10)8-13(12)20)25-5-3-11(4-6-25)26-9-23-16(17(26)21)18(22)27/h1-2,7-9,11H,3-6,21H2,(H2,22,27). The Kier molecular flexibility index (Phi) is 4.47. The minimum absolute atomic E-state index is 0.113. The number of anilines is 2. The lowest BCUT2D eigenvalue weighted by Crippen LogP contribution is -2.35. The maximum atomic E-state index is 13.8. The first-order valence-corrected chi connectivity index (χ1v) is 9.36. The molecule has 140 valence electrons. The second-order valence-corrected chi connectivity index (χ2v) is 7.45. The number of fused-ring (bicyclic) bond motifs is 1. The van der Waals surface area contributed by atoms with Crippen molar-refractivity contribution in [3.05, 3.63) is 46.6 Å². The molecule has 1 aromatic carbocycles. The molecule has 1 saturated heterocycles. The van der Waals surface area contributed by atoms with Crippen LogP contribution < -0.4 is 16.4 Å². The van der Waals surface area contributed by atoms with Gasteiger partial charge in [0.05, 0.1) is 16.3 Å². The number of amides is 1. The number of imidazole rings is 1. The lowest BCUT2D eigenvalue weighted by atomic mass is 10.0. The first kappa shape index (κ1) is 17.7. The van der Waals surface area contributed by atoms with Gasteiger partial charge in [-0.1, -0.05) is 0 Å². The van der Waals surface area contributed by atoms with E-state index < -0.39 is 5.91 Å². The lowest BCUT2D eigenvalue weighted by molar-refractivity contribution is 0.0997. The van der Waals surface area contributed by atoms with E-state index in [0.717, 1.165) is 37.1 Å². The summed E-state index contributed by atoms with van der Waals surface area (Å²) >= 11 is 3.20. The van der Waals surface area contributed by atoms with E-state index in [4.69, 9.17) is 11.5 Å². The van der Waals surface area contributed by atoms with Gasteiger partial charge in [0.25, 0.3) is 5.91 Å². The zero-order valence-electron chi connectivity index (χ0n) is 14.4. The summed E-state index contributed by atoms with van der Waals surface area (Å²) in [7, 11) is 0. The van der Waals surface area contributed by atoms with Crippen molar-refractivity contribution in [2.75, 3.05) is 23.7 Å². The number of hydrogen-bond donors (Lipinski definition) is 2. The molecule has 1 aliphatic heterocycles. The Labute approximate surface area is 163 Å². The number of rotatable bonds is 3. The highest BCUT2D eigenvalue weighted by Gasteiger charge is 2.24. The second kappa shape index (κ2) is 6.80. The molecular weight excluding hydrogens is 415 g/mol. The SMILES string of the molecule is NC(=O)c1ncn(C2CCN(c3ccc4cc(Br)c(F)cc4n3)CC2)c1N. The molecule has 0 unspecified atom stereocenters. The average molecular weight is 433 g/mol. The topological polar surface area (TPSA) is 103 Å². The summed E-state index contributed by atoms with van der Waals surface area (Å²) in [6, 6.07) is 7.21. The molecule has 4 rings (SSSR count). The van der Waals surface area contributed by atoms with Crippen LogP contribution in [0.15, 0.2) is 35.1 Å². The maximum absolute atomic E-state index is 13.8. The van der Waals surface area contributed by atoms with Gasteiger partial charge < -0.3 is 20.9 Å². The zero-order chi connectivity index (χ0) is 19.1. The van der Waals surface area contributed by atoms with Gasteiger partial charge in [-0.25, -0.2) is 14.4 Å². The Morgan fingerprint density at radius 2 is 2.00 bits per heavy atom. The van der Waals surface area contributed by atoms with Gasteiger partial charge in [-0.2, -0.15) is 0 Å². The fraction of sp³-hybridized carbons (Fsp3) is 0.278. The van der Waals surface area contributed by atoms with Gasteiger partial charge in [-0.15, -0.1) is 0 Å². The van der Waals surface area contributed by atoms with Gasteiger partial charge in [-0.3, -0.25) is 4.79 Å². The van der Waals surface area contributed by atoms with Crippen molar-refractivity contribution < 1.29 is 9.18 Å². The van der Waals surface area contributed by atoms with Gasteiger partial charge in [0.15, 0.2) is 5.69 Å². The van der Waals surface area contributed by atoms with Gasteiger partial charge >= 0.3 is 0 Å². The zero-order valence-corrected chi connectivity index (χ0v) is 16.0. The Morgan fingerprint density at radius 3 is 2.67 bits per heavy atom. The third-order valence-corrected chi connectivity index (χ3v) is 5.57. The van der Waals surface area contributed by atoms with E-state index in [2.05, 4.69) is 30.8 Å². The number of pyridine rings is 1. The van der Waals surface area contributed by atoms with E-state index in [9.17, 15) is 9.18 Å². The third-order valence-electron chi connectivity index (χ3n) is 4.96. The van der Waals surface area contributed by atoms with Crippen LogP contribution in [0, 0.1) is 5.82 Å². The molecule has 3 heterocycles. The predicted molar refractivity (Wildman–Crippen MR) is 105 cm³/mol. The van der Waals surface area contributed by atoms with E-state index in [1.807, 2.05) is 16.7 Å². The summed E-state index contributed by atoms with van der Waals surface area (Å²) in [5, 5.41) is 0.882. The van der Waals surface area contributed by atoms with Crippen LogP contribution in [0.4, 0.5) is 16.0 Å². The van der Waals surface area contributed by atoms with E-state index in [0.29, 0.717) is 15.8 Å². The molecule has 0 radical (unpaired) electrons. The smallest absolute Gasteiger partial charge is 0.271 e. The fourth-order valence-electron chi connectivity index (χ4n) is 3.51. The minimum atomic E-state index is -0.622. The quantitative estimate of drug-likeness (QED) is 0.661. The summed E-state index contributed by atoms with van der Waals surface area (Å²) in [5.74, 6) is 0.180. The van der Waals surface area contributed by atoms with Gasteiger partial charge in [-0.05, 0) is 47.0 Å². The van der Waals surface area contributed by atoms with E-state index in [-0.39, 0.29) is 17.6 Å². The number of piperidine rings is 1. The normalized spacial score (nSPS) is 15.4. The highest BCUT2D eigenvalue weighted by Crippen LogP contribution is 2.30. The van der Waals surface area contributed by atoms with Crippen LogP contribution in [0.2, 0.25) is 0 Å². The van der Waals surface area contributed by atoms with Crippen LogP contribution >= 0.6 is 15.9 Å². The number of nitrogen functional groups attached to an aromatic ring is 1. The number of primary amides is 1. The first-order valence-electron chi connectivity index (χ1n) is 8.57. The third kappa shape index (κ3) is 3.23. The molecule has 4 N–H and O–H groups in total. The molecule has 9 heteroatoms. The van der Waals surface area contributed by atoms with Crippen LogP contribution in [0.3, 0.4) is 0 Å². The number of carbonyl (C=O) groups is 1. The molecule has 7 nitrogen and oxygen atoms in total. The molecular formula is C18H18BrFN6O. The van der Waals surface area contributed by atoms with Crippen molar-refractivity contribution in [2.24, 2.45) is 5.73 Å². The summed E-state index contributed by atoms with van der Waals surface area (Å²) in [6.45, 7) is 1.54. The minimum Gasteiger partial charge on any atom is -0.383 e. The molecule has 2 aromatic heterocycles. The number of carbonyl (C=O) groups excluding carboxylic acids is 1. The highest BCUT2D eigenvalue weighted by molar-refractivity contribution is 9.10. The number of nitrogens with two attached hydrogens (primary N) is 2. The van der Waals surface area contributed by atoms with Crippen LogP contribution in [0.1, 0.15) is 29.4 Å². The summed E-state index contributed by atoms with van der Waals surface area (Å²) in [5.41, 5.74) is 12.0. The summed E-state index contributed by atoms with van der Waals surface area (Å²) in [6.07, 6.45) is 3.23. The average Bonchev–Trinajstić information content (AvgIpc) is 3.04. The van der Waals surface area contributed by atoms with Crippen molar-refractivity contribution in [3.8, 4) is 0 Å². The number of hydrogen-bond acceptors (Lipinski definition) is 5. The molecule has 1 amide bonds. The predicted octanol–water partition coefficient (Wildman–Crippen LogP) is 2.86. The number of benzene rings is 1. The molecule has 3 aromatic rings. The molecule has 0 atom stereocenters. The number of nitrogens with zero attached hydrogens (tertiary/aromatic N) is 4.